The Kier molecular flexibility index (Phi) is 6.27. The van der Waals surface area contributed by atoms with Crippen molar-refractivity contribution >= 4 is 27.6 Å². The van der Waals surface area contributed by atoms with Gasteiger partial charge in [0.1, 0.15) is 5.03 Å². The fourth-order valence-corrected chi connectivity index (χ4v) is 2.77. The van der Waals surface area contributed by atoms with Crippen LogP contribution in [0.15, 0.2) is 29.4 Å². The summed E-state index contributed by atoms with van der Waals surface area (Å²) in [5.74, 6) is 0.742. The van der Waals surface area contributed by atoms with E-state index < -0.39 is 0 Å². The van der Waals surface area contributed by atoms with E-state index in [0.29, 0.717) is 6.61 Å². The molecule has 0 amide bonds. The molecule has 0 spiro atoms. The molecule has 0 saturated carbocycles. The summed E-state index contributed by atoms with van der Waals surface area (Å²) in [7, 11) is 3.37. The number of rotatable bonds is 6. The number of hydrogen-bond acceptors (Lipinski definition) is 5. The molecule has 0 unspecified atom stereocenters. The molecule has 15 heavy (non-hydrogen) atoms. The first kappa shape index (κ1) is 12.4. The van der Waals surface area contributed by atoms with Gasteiger partial charge in [0.05, 0.1) is 6.61 Å². The maximum Gasteiger partial charge on any atom is 0.302 e. The highest BCUT2D eigenvalue weighted by Crippen LogP contribution is 2.29. The van der Waals surface area contributed by atoms with Gasteiger partial charge in [-0.3, -0.25) is 4.79 Å². The van der Waals surface area contributed by atoms with Gasteiger partial charge in [0.25, 0.3) is 0 Å². The fourth-order valence-electron chi connectivity index (χ4n) is 0.832. The predicted octanol–water partition coefficient (Wildman–Crippen LogP) is 2.78. The number of nitrogens with zero attached hydrogens (tertiary/aromatic N) is 1. The molecule has 0 aromatic carbocycles. The van der Waals surface area contributed by atoms with Crippen molar-refractivity contribution < 1.29 is 9.53 Å². The third-order valence-electron chi connectivity index (χ3n) is 1.46. The van der Waals surface area contributed by atoms with Crippen LogP contribution in [0.3, 0.4) is 0 Å². The maximum atomic E-state index is 10.5. The van der Waals surface area contributed by atoms with Crippen LogP contribution >= 0.6 is 21.6 Å². The minimum Gasteiger partial charge on any atom is -0.466 e. The van der Waals surface area contributed by atoms with Crippen molar-refractivity contribution in [2.45, 2.75) is 18.4 Å². The molecule has 3 nitrogen and oxygen atoms in total. The van der Waals surface area contributed by atoms with E-state index in [-0.39, 0.29) is 5.97 Å². The third-order valence-corrected chi connectivity index (χ3v) is 3.81. The number of carbonyl (C=O) groups is 1. The molecule has 1 rings (SSSR count). The number of ether oxygens (including phenoxy) is 1. The summed E-state index contributed by atoms with van der Waals surface area (Å²) in [6.07, 6.45) is 2.66. The molecule has 0 bridgehead atoms. The molecule has 82 valence electrons. The highest BCUT2D eigenvalue weighted by molar-refractivity contribution is 8.76. The average Bonchev–Trinajstić information content (AvgIpc) is 2.24. The number of aromatic nitrogens is 1. The lowest BCUT2D eigenvalue weighted by Gasteiger charge is -2.01. The Labute approximate surface area is 97.4 Å². The lowest BCUT2D eigenvalue weighted by Crippen LogP contribution is -2.00. The SMILES string of the molecule is CC(=O)OCCCSSc1ccccn1. The number of carbonyl (C=O) groups excluding carboxylic acids is 1. The van der Waals surface area contributed by atoms with Gasteiger partial charge in [0, 0.05) is 18.9 Å². The van der Waals surface area contributed by atoms with Crippen LogP contribution in [0.2, 0.25) is 0 Å². The molecule has 0 radical (unpaired) electrons. The second-order valence-corrected chi connectivity index (χ2v) is 5.20. The second kappa shape index (κ2) is 7.59. The quantitative estimate of drug-likeness (QED) is 0.436. The average molecular weight is 243 g/mol. The summed E-state index contributed by atoms with van der Waals surface area (Å²) in [5.41, 5.74) is 0. The molecule has 1 aromatic heterocycles. The number of pyridine rings is 1. The second-order valence-electron chi connectivity index (χ2n) is 2.77. The minimum absolute atomic E-state index is 0.211. The molecule has 0 aliphatic rings. The van der Waals surface area contributed by atoms with Crippen LogP contribution in [0.4, 0.5) is 0 Å². The van der Waals surface area contributed by atoms with Crippen molar-refractivity contribution in [2.24, 2.45) is 0 Å². The summed E-state index contributed by atoms with van der Waals surface area (Å²) in [5, 5.41) is 1.01. The van der Waals surface area contributed by atoms with Crippen LogP contribution in [-0.2, 0) is 9.53 Å². The van der Waals surface area contributed by atoms with Crippen molar-refractivity contribution in [2.75, 3.05) is 12.4 Å². The van der Waals surface area contributed by atoms with E-state index in [4.69, 9.17) is 4.74 Å². The van der Waals surface area contributed by atoms with Crippen LogP contribution in [0.25, 0.3) is 0 Å². The van der Waals surface area contributed by atoms with E-state index in [1.54, 1.807) is 27.8 Å². The van der Waals surface area contributed by atoms with E-state index in [0.717, 1.165) is 17.2 Å². The molecule has 1 aromatic rings. The summed E-state index contributed by atoms with van der Waals surface area (Å²) < 4.78 is 4.82. The van der Waals surface area contributed by atoms with E-state index in [2.05, 4.69) is 4.98 Å². The van der Waals surface area contributed by atoms with Gasteiger partial charge in [-0.15, -0.1) is 0 Å². The smallest absolute Gasteiger partial charge is 0.302 e. The lowest BCUT2D eigenvalue weighted by atomic mass is 10.5. The van der Waals surface area contributed by atoms with Crippen LogP contribution in [0, 0.1) is 0 Å². The molecule has 1 heterocycles. The number of hydrogen-bond donors (Lipinski definition) is 0. The Bertz CT molecular complexity index is 293. The van der Waals surface area contributed by atoms with Gasteiger partial charge in [-0.05, 0) is 29.3 Å². The van der Waals surface area contributed by atoms with Gasteiger partial charge in [-0.25, -0.2) is 4.98 Å². The Morgan fingerprint density at radius 1 is 1.53 bits per heavy atom. The Hall–Kier alpha value is -0.680. The zero-order valence-corrected chi connectivity index (χ0v) is 10.1. The van der Waals surface area contributed by atoms with Crippen LogP contribution in [-0.4, -0.2) is 23.3 Å². The highest BCUT2D eigenvalue weighted by atomic mass is 33.1. The van der Waals surface area contributed by atoms with Crippen molar-refractivity contribution in [3.8, 4) is 0 Å². The predicted molar refractivity (Wildman–Crippen MR) is 63.8 cm³/mol. The van der Waals surface area contributed by atoms with Crippen LogP contribution in [0.1, 0.15) is 13.3 Å². The lowest BCUT2D eigenvalue weighted by molar-refractivity contribution is -0.140. The zero-order chi connectivity index (χ0) is 10.9. The normalized spacial score (nSPS) is 9.93. The first-order chi connectivity index (χ1) is 7.29. The van der Waals surface area contributed by atoms with E-state index in [1.165, 1.54) is 6.92 Å². The Morgan fingerprint density at radius 3 is 3.07 bits per heavy atom. The Morgan fingerprint density at radius 2 is 2.40 bits per heavy atom. The molecule has 0 fully saturated rings. The molecule has 0 atom stereocenters. The highest BCUT2D eigenvalue weighted by Gasteiger charge is 1.96. The first-order valence-corrected chi connectivity index (χ1v) is 6.95. The molecule has 0 N–H and O–H groups in total. The molecular weight excluding hydrogens is 230 g/mol. The largest absolute Gasteiger partial charge is 0.466 e. The summed E-state index contributed by atoms with van der Waals surface area (Å²) in [6, 6.07) is 5.84. The Balaban J connectivity index is 2.00. The van der Waals surface area contributed by atoms with Crippen LogP contribution in [0.5, 0.6) is 0 Å². The summed E-state index contributed by atoms with van der Waals surface area (Å²) in [4.78, 5) is 14.6. The van der Waals surface area contributed by atoms with Crippen molar-refractivity contribution in [3.63, 3.8) is 0 Å². The number of esters is 1. The van der Waals surface area contributed by atoms with Gasteiger partial charge in [0.15, 0.2) is 0 Å². The minimum atomic E-state index is -0.211. The molecule has 0 aliphatic heterocycles. The van der Waals surface area contributed by atoms with Crippen molar-refractivity contribution in [1.82, 2.24) is 4.98 Å². The van der Waals surface area contributed by atoms with Gasteiger partial charge in [-0.1, -0.05) is 16.9 Å². The zero-order valence-electron chi connectivity index (χ0n) is 8.51. The maximum absolute atomic E-state index is 10.5. The van der Waals surface area contributed by atoms with Crippen molar-refractivity contribution in [1.29, 1.82) is 0 Å². The third kappa shape index (κ3) is 6.41. The van der Waals surface area contributed by atoms with Gasteiger partial charge < -0.3 is 4.74 Å². The van der Waals surface area contributed by atoms with Gasteiger partial charge >= 0.3 is 5.97 Å². The molecule has 0 saturated heterocycles. The van der Waals surface area contributed by atoms with E-state index in [1.807, 2.05) is 18.2 Å². The molecule has 0 aliphatic carbocycles. The molecular formula is C10H13NO2S2. The first-order valence-electron chi connectivity index (χ1n) is 4.63. The summed E-state index contributed by atoms with van der Waals surface area (Å²) in [6.45, 7) is 1.93. The monoisotopic (exact) mass is 243 g/mol. The van der Waals surface area contributed by atoms with Crippen molar-refractivity contribution in [3.05, 3.63) is 24.4 Å². The standard InChI is InChI=1S/C10H13NO2S2/c1-9(12)13-7-4-8-14-15-10-5-2-3-6-11-10/h2-3,5-6H,4,7-8H2,1H3. The van der Waals surface area contributed by atoms with Gasteiger partial charge in [-0.2, -0.15) is 0 Å². The van der Waals surface area contributed by atoms with E-state index >= 15 is 0 Å². The van der Waals surface area contributed by atoms with E-state index in [9.17, 15) is 4.79 Å². The topological polar surface area (TPSA) is 39.2 Å². The van der Waals surface area contributed by atoms with Crippen LogP contribution < -0.4 is 0 Å². The fraction of sp³-hybridized carbons (Fsp3) is 0.400. The summed E-state index contributed by atoms with van der Waals surface area (Å²) >= 11 is 0. The van der Waals surface area contributed by atoms with Gasteiger partial charge in [0.2, 0.25) is 0 Å². The molecule has 5 heteroatoms.